The Kier molecular flexibility index (Phi) is 3.28. The van der Waals surface area contributed by atoms with Crippen molar-refractivity contribution >= 4 is 34.1 Å². The van der Waals surface area contributed by atoms with Gasteiger partial charge in [-0.3, -0.25) is 0 Å². The second-order valence-electron chi connectivity index (χ2n) is 4.00. The lowest BCUT2D eigenvalue weighted by Gasteiger charge is -2.05. The summed E-state index contributed by atoms with van der Waals surface area (Å²) in [6, 6.07) is 5.98. The molecule has 0 amide bonds. The van der Waals surface area contributed by atoms with Crippen molar-refractivity contribution in [2.24, 2.45) is 5.73 Å². The lowest BCUT2D eigenvalue weighted by molar-refractivity contribution is 0.676. The van der Waals surface area contributed by atoms with E-state index in [2.05, 4.69) is 21.8 Å². The summed E-state index contributed by atoms with van der Waals surface area (Å²) >= 11 is 4.81. The Bertz CT molecular complexity index is 559. The SMILES string of the molecule is CCCn1c(C)nc2cc(NC(N)=S)ccc21. The molecule has 0 saturated heterocycles. The minimum atomic E-state index is 0.272. The largest absolute Gasteiger partial charge is 0.376 e. The molecular weight excluding hydrogens is 232 g/mol. The lowest BCUT2D eigenvalue weighted by Crippen LogP contribution is -2.18. The molecule has 0 unspecified atom stereocenters. The third kappa shape index (κ3) is 2.39. The quantitative estimate of drug-likeness (QED) is 0.819. The van der Waals surface area contributed by atoms with E-state index in [4.69, 9.17) is 18.0 Å². The van der Waals surface area contributed by atoms with Crippen molar-refractivity contribution in [3.63, 3.8) is 0 Å². The molecule has 5 heteroatoms. The molecular formula is C12H16N4S. The van der Waals surface area contributed by atoms with Crippen molar-refractivity contribution in [3.8, 4) is 0 Å². The second kappa shape index (κ2) is 4.71. The molecule has 0 aliphatic carbocycles. The number of anilines is 1. The van der Waals surface area contributed by atoms with E-state index in [9.17, 15) is 0 Å². The van der Waals surface area contributed by atoms with E-state index in [1.807, 2.05) is 25.1 Å². The summed E-state index contributed by atoms with van der Waals surface area (Å²) in [5.74, 6) is 1.04. The molecule has 90 valence electrons. The monoisotopic (exact) mass is 248 g/mol. The molecule has 1 aromatic heterocycles. The van der Waals surface area contributed by atoms with Gasteiger partial charge in [-0.1, -0.05) is 6.92 Å². The first-order valence-electron chi connectivity index (χ1n) is 5.65. The maximum Gasteiger partial charge on any atom is 0.168 e. The van der Waals surface area contributed by atoms with Crippen LogP contribution in [0.4, 0.5) is 5.69 Å². The molecule has 0 radical (unpaired) electrons. The summed E-state index contributed by atoms with van der Waals surface area (Å²) in [5, 5.41) is 3.19. The number of nitrogens with zero attached hydrogens (tertiary/aromatic N) is 2. The topological polar surface area (TPSA) is 55.9 Å². The number of hydrogen-bond donors (Lipinski definition) is 2. The Hall–Kier alpha value is -1.62. The number of benzene rings is 1. The molecule has 0 saturated carbocycles. The summed E-state index contributed by atoms with van der Waals surface area (Å²) in [6.07, 6.45) is 1.10. The molecule has 17 heavy (non-hydrogen) atoms. The van der Waals surface area contributed by atoms with Gasteiger partial charge >= 0.3 is 0 Å². The highest BCUT2D eigenvalue weighted by molar-refractivity contribution is 7.80. The molecule has 2 rings (SSSR count). The van der Waals surface area contributed by atoms with Crippen LogP contribution in [0, 0.1) is 6.92 Å². The van der Waals surface area contributed by atoms with Gasteiger partial charge in [0, 0.05) is 12.2 Å². The summed E-state index contributed by atoms with van der Waals surface area (Å²) in [6.45, 7) is 5.18. The van der Waals surface area contributed by atoms with Crippen LogP contribution in [0.25, 0.3) is 11.0 Å². The van der Waals surface area contributed by atoms with Crippen LogP contribution in [0.1, 0.15) is 19.2 Å². The van der Waals surface area contributed by atoms with E-state index >= 15 is 0 Å². The first-order valence-corrected chi connectivity index (χ1v) is 6.06. The summed E-state index contributed by atoms with van der Waals surface area (Å²) in [5.41, 5.74) is 8.45. The van der Waals surface area contributed by atoms with Crippen molar-refractivity contribution in [1.82, 2.24) is 9.55 Å². The maximum atomic E-state index is 5.45. The molecule has 0 spiro atoms. The van der Waals surface area contributed by atoms with Gasteiger partial charge in [0.2, 0.25) is 0 Å². The van der Waals surface area contributed by atoms with Crippen LogP contribution in [0.5, 0.6) is 0 Å². The van der Waals surface area contributed by atoms with Gasteiger partial charge < -0.3 is 15.6 Å². The van der Waals surface area contributed by atoms with E-state index in [0.717, 1.165) is 35.5 Å². The number of fused-ring (bicyclic) bond motifs is 1. The van der Waals surface area contributed by atoms with Crippen LogP contribution < -0.4 is 11.1 Å². The van der Waals surface area contributed by atoms with Crippen molar-refractivity contribution in [3.05, 3.63) is 24.0 Å². The average molecular weight is 248 g/mol. The van der Waals surface area contributed by atoms with Crippen LogP contribution in [-0.4, -0.2) is 14.7 Å². The van der Waals surface area contributed by atoms with Gasteiger partial charge in [-0.15, -0.1) is 0 Å². The van der Waals surface area contributed by atoms with Crippen molar-refractivity contribution in [2.45, 2.75) is 26.8 Å². The van der Waals surface area contributed by atoms with Crippen LogP contribution in [0.2, 0.25) is 0 Å². The van der Waals surface area contributed by atoms with Gasteiger partial charge in [0.05, 0.1) is 11.0 Å². The third-order valence-electron chi connectivity index (χ3n) is 2.65. The fourth-order valence-corrected chi connectivity index (χ4v) is 2.09. The fraction of sp³-hybridized carbons (Fsp3) is 0.333. The van der Waals surface area contributed by atoms with Crippen LogP contribution >= 0.6 is 12.2 Å². The first kappa shape index (κ1) is 11.9. The Balaban J connectivity index is 2.46. The number of hydrogen-bond acceptors (Lipinski definition) is 2. The van der Waals surface area contributed by atoms with Gasteiger partial charge in [-0.05, 0) is 43.8 Å². The van der Waals surface area contributed by atoms with E-state index in [1.54, 1.807) is 0 Å². The standard InChI is InChI=1S/C12H16N4S/c1-3-6-16-8(2)14-10-7-9(15-12(13)17)4-5-11(10)16/h4-5,7H,3,6H2,1-2H3,(H3,13,15,17). The number of aryl methyl sites for hydroxylation is 2. The molecule has 4 nitrogen and oxygen atoms in total. The summed E-state index contributed by atoms with van der Waals surface area (Å²) in [4.78, 5) is 4.54. The molecule has 1 aromatic carbocycles. The number of nitrogens with one attached hydrogen (secondary N) is 1. The minimum absolute atomic E-state index is 0.272. The zero-order valence-electron chi connectivity index (χ0n) is 10.0. The number of imidazole rings is 1. The van der Waals surface area contributed by atoms with E-state index < -0.39 is 0 Å². The van der Waals surface area contributed by atoms with Gasteiger partial charge in [0.1, 0.15) is 5.82 Å². The van der Waals surface area contributed by atoms with Crippen LogP contribution in [0.15, 0.2) is 18.2 Å². The molecule has 1 heterocycles. The van der Waals surface area contributed by atoms with Crippen molar-refractivity contribution in [1.29, 1.82) is 0 Å². The molecule has 0 aliphatic heterocycles. The minimum Gasteiger partial charge on any atom is -0.376 e. The Labute approximate surface area is 106 Å². The highest BCUT2D eigenvalue weighted by atomic mass is 32.1. The van der Waals surface area contributed by atoms with Crippen LogP contribution in [0.3, 0.4) is 0 Å². The molecule has 2 aromatic rings. The normalized spacial score (nSPS) is 10.7. The van der Waals surface area contributed by atoms with Gasteiger partial charge in [0.15, 0.2) is 5.11 Å². The van der Waals surface area contributed by atoms with Gasteiger partial charge in [0.25, 0.3) is 0 Å². The van der Waals surface area contributed by atoms with E-state index in [0.29, 0.717) is 0 Å². The van der Waals surface area contributed by atoms with Crippen molar-refractivity contribution < 1.29 is 0 Å². The molecule has 0 fully saturated rings. The van der Waals surface area contributed by atoms with Gasteiger partial charge in [-0.2, -0.15) is 0 Å². The Morgan fingerprint density at radius 3 is 2.94 bits per heavy atom. The van der Waals surface area contributed by atoms with Crippen molar-refractivity contribution in [2.75, 3.05) is 5.32 Å². The molecule has 0 atom stereocenters. The third-order valence-corrected chi connectivity index (χ3v) is 2.76. The summed E-state index contributed by atoms with van der Waals surface area (Å²) in [7, 11) is 0. The highest BCUT2D eigenvalue weighted by Gasteiger charge is 2.07. The number of nitrogens with two attached hydrogens (primary N) is 1. The smallest absolute Gasteiger partial charge is 0.168 e. The summed E-state index contributed by atoms with van der Waals surface area (Å²) < 4.78 is 2.22. The number of thiocarbonyl (C=S) groups is 1. The van der Waals surface area contributed by atoms with E-state index in [1.165, 1.54) is 0 Å². The zero-order valence-corrected chi connectivity index (χ0v) is 10.8. The van der Waals surface area contributed by atoms with Crippen LogP contribution in [-0.2, 0) is 6.54 Å². The maximum absolute atomic E-state index is 5.45. The highest BCUT2D eigenvalue weighted by Crippen LogP contribution is 2.20. The molecule has 3 N–H and O–H groups in total. The second-order valence-corrected chi connectivity index (χ2v) is 4.44. The molecule has 0 aliphatic rings. The Morgan fingerprint density at radius 1 is 1.53 bits per heavy atom. The Morgan fingerprint density at radius 2 is 2.29 bits per heavy atom. The zero-order chi connectivity index (χ0) is 12.4. The number of aromatic nitrogens is 2. The fourth-order valence-electron chi connectivity index (χ4n) is 1.98. The van der Waals surface area contributed by atoms with E-state index in [-0.39, 0.29) is 5.11 Å². The average Bonchev–Trinajstić information content (AvgIpc) is 2.54. The van der Waals surface area contributed by atoms with Gasteiger partial charge in [-0.25, -0.2) is 4.98 Å². The predicted molar refractivity (Wildman–Crippen MR) is 75.2 cm³/mol. The lowest BCUT2D eigenvalue weighted by atomic mass is 10.2. The molecule has 0 bridgehead atoms. The number of rotatable bonds is 3. The first-order chi connectivity index (χ1) is 8.11. The predicted octanol–water partition coefficient (Wildman–Crippen LogP) is 2.41.